The van der Waals surface area contributed by atoms with Crippen molar-refractivity contribution >= 4 is 31.9 Å². The maximum Gasteiger partial charge on any atom is 0.100 e. The van der Waals surface area contributed by atoms with E-state index in [0.717, 1.165) is 46.9 Å². The summed E-state index contributed by atoms with van der Waals surface area (Å²) in [5.74, 6) is 0.249. The number of nitrogens with zero attached hydrogens (tertiary/aromatic N) is 1. The van der Waals surface area contributed by atoms with E-state index < -0.39 is 6.10 Å². The summed E-state index contributed by atoms with van der Waals surface area (Å²) in [6, 6.07) is 1.93. The molecule has 0 aromatic carbocycles. The first kappa shape index (κ1) is 14.0. The molecule has 0 radical (unpaired) electrons. The molecule has 0 amide bonds. The van der Waals surface area contributed by atoms with E-state index in [1.807, 2.05) is 6.07 Å². The number of halogens is 2. The molecule has 1 aromatic rings. The van der Waals surface area contributed by atoms with Crippen LogP contribution in [0.4, 0.5) is 0 Å². The van der Waals surface area contributed by atoms with E-state index in [0.29, 0.717) is 0 Å². The van der Waals surface area contributed by atoms with Crippen LogP contribution < -0.4 is 0 Å². The monoisotopic (exact) mass is 389 g/mol. The normalized spacial score (nSPS) is 27.0. The van der Waals surface area contributed by atoms with Crippen molar-refractivity contribution in [1.82, 2.24) is 4.98 Å². The van der Waals surface area contributed by atoms with Gasteiger partial charge in [0.2, 0.25) is 0 Å². The zero-order valence-electron chi connectivity index (χ0n) is 10.6. The minimum atomic E-state index is -0.510. The first-order valence-electron chi connectivity index (χ1n) is 6.73. The molecule has 1 saturated carbocycles. The van der Waals surface area contributed by atoms with Gasteiger partial charge in [0.05, 0.1) is 11.3 Å². The molecule has 2 atom stereocenters. The maximum absolute atomic E-state index is 10.6. The number of ether oxygens (including phenoxy) is 1. The Morgan fingerprint density at radius 1 is 1.42 bits per heavy atom. The van der Waals surface area contributed by atoms with E-state index >= 15 is 0 Å². The van der Waals surface area contributed by atoms with Gasteiger partial charge in [-0.3, -0.25) is 4.98 Å². The predicted octanol–water partition coefficient (Wildman–Crippen LogP) is 3.99. The van der Waals surface area contributed by atoms with Gasteiger partial charge < -0.3 is 9.84 Å². The lowest BCUT2D eigenvalue weighted by atomic mass is 9.70. The van der Waals surface area contributed by atoms with Gasteiger partial charge in [0.25, 0.3) is 0 Å². The number of hydrogen-bond acceptors (Lipinski definition) is 3. The molecule has 1 aliphatic heterocycles. The Balaban J connectivity index is 1.77. The molecule has 2 unspecified atom stereocenters. The van der Waals surface area contributed by atoms with E-state index in [9.17, 15) is 5.11 Å². The lowest BCUT2D eigenvalue weighted by Crippen LogP contribution is -2.46. The largest absolute Gasteiger partial charge is 0.386 e. The average Bonchev–Trinajstić information content (AvgIpc) is 2.36. The summed E-state index contributed by atoms with van der Waals surface area (Å²) in [6.45, 7) is 0.760. The maximum atomic E-state index is 10.6. The van der Waals surface area contributed by atoms with E-state index in [2.05, 4.69) is 36.8 Å². The van der Waals surface area contributed by atoms with E-state index in [-0.39, 0.29) is 11.5 Å². The lowest BCUT2D eigenvalue weighted by Gasteiger charge is -2.48. The molecule has 2 heterocycles. The molecule has 3 nitrogen and oxygen atoms in total. The number of aromatic nitrogens is 1. The predicted molar refractivity (Wildman–Crippen MR) is 79.9 cm³/mol. The van der Waals surface area contributed by atoms with Crippen LogP contribution >= 0.6 is 31.9 Å². The van der Waals surface area contributed by atoms with Crippen molar-refractivity contribution < 1.29 is 9.84 Å². The standard InChI is InChI=1S/C14H17Br2NO2/c15-10-6-11(16)12(17-8-10)13(18)9-2-5-19-14(7-9)3-1-4-14/h6,8-9,13,18H,1-5,7H2. The van der Waals surface area contributed by atoms with E-state index in [1.54, 1.807) is 6.20 Å². The van der Waals surface area contributed by atoms with Gasteiger partial charge >= 0.3 is 0 Å². The minimum absolute atomic E-state index is 0.0612. The number of aliphatic hydroxyl groups excluding tert-OH is 1. The molecular weight excluding hydrogens is 374 g/mol. The third kappa shape index (κ3) is 2.75. The third-order valence-corrected chi connectivity index (χ3v) is 5.43. The quantitative estimate of drug-likeness (QED) is 0.830. The van der Waals surface area contributed by atoms with E-state index in [1.165, 1.54) is 6.42 Å². The first-order chi connectivity index (χ1) is 9.10. The van der Waals surface area contributed by atoms with Gasteiger partial charge in [0.15, 0.2) is 0 Å². The molecule has 5 heteroatoms. The van der Waals surface area contributed by atoms with Gasteiger partial charge in [-0.1, -0.05) is 0 Å². The van der Waals surface area contributed by atoms with Crippen molar-refractivity contribution in [3.05, 3.63) is 26.9 Å². The number of rotatable bonds is 2. The van der Waals surface area contributed by atoms with Crippen molar-refractivity contribution in [3.63, 3.8) is 0 Å². The molecule has 0 bridgehead atoms. The van der Waals surface area contributed by atoms with Crippen LogP contribution in [-0.2, 0) is 4.74 Å². The molecule has 2 fully saturated rings. The highest BCUT2D eigenvalue weighted by Crippen LogP contribution is 2.47. The smallest absolute Gasteiger partial charge is 0.100 e. The summed E-state index contributed by atoms with van der Waals surface area (Å²) in [5, 5.41) is 10.6. The Kier molecular flexibility index (Phi) is 4.00. The van der Waals surface area contributed by atoms with E-state index in [4.69, 9.17) is 4.74 Å². The molecule has 2 aliphatic rings. The lowest BCUT2D eigenvalue weighted by molar-refractivity contribution is -0.157. The zero-order chi connectivity index (χ0) is 13.5. The summed E-state index contributed by atoms with van der Waals surface area (Å²) >= 11 is 6.88. The molecule has 3 rings (SSSR count). The van der Waals surface area contributed by atoms with Gasteiger partial charge in [-0.2, -0.15) is 0 Å². The summed E-state index contributed by atoms with van der Waals surface area (Å²) in [7, 11) is 0. The van der Waals surface area contributed by atoms with Crippen molar-refractivity contribution in [3.8, 4) is 0 Å². The van der Waals surface area contributed by atoms with Crippen LogP contribution in [0.5, 0.6) is 0 Å². The Morgan fingerprint density at radius 3 is 2.84 bits per heavy atom. The van der Waals surface area contributed by atoms with Gasteiger partial charge in [-0.05, 0) is 75.9 Å². The highest BCUT2D eigenvalue weighted by Gasteiger charge is 2.44. The Morgan fingerprint density at radius 2 is 2.21 bits per heavy atom. The minimum Gasteiger partial charge on any atom is -0.386 e. The summed E-state index contributed by atoms with van der Waals surface area (Å²) in [4.78, 5) is 4.36. The summed E-state index contributed by atoms with van der Waals surface area (Å²) in [6.07, 6.45) is 6.64. The van der Waals surface area contributed by atoms with Gasteiger partial charge in [0.1, 0.15) is 6.10 Å². The molecule has 1 spiro atoms. The van der Waals surface area contributed by atoms with Crippen molar-refractivity contribution in [2.24, 2.45) is 5.92 Å². The molecule has 1 aromatic heterocycles. The Bertz CT molecular complexity index is 477. The highest BCUT2D eigenvalue weighted by atomic mass is 79.9. The fourth-order valence-corrected chi connectivity index (χ4v) is 4.34. The second-order valence-electron chi connectivity index (χ2n) is 5.60. The second-order valence-corrected chi connectivity index (χ2v) is 7.37. The number of pyridine rings is 1. The van der Waals surface area contributed by atoms with Crippen molar-refractivity contribution in [2.75, 3.05) is 6.61 Å². The third-order valence-electron chi connectivity index (χ3n) is 4.36. The Hall–Kier alpha value is 0.0300. The SMILES string of the molecule is OC(c1ncc(Br)cc1Br)C1CCOC2(CCC2)C1. The van der Waals surface area contributed by atoms with Gasteiger partial charge in [-0.15, -0.1) is 0 Å². The molecule has 1 aliphatic carbocycles. The topological polar surface area (TPSA) is 42.4 Å². The van der Waals surface area contributed by atoms with Crippen LogP contribution in [-0.4, -0.2) is 22.3 Å². The fourth-order valence-electron chi connectivity index (χ4n) is 3.12. The van der Waals surface area contributed by atoms with Crippen LogP contribution in [0.1, 0.15) is 43.9 Å². The first-order valence-corrected chi connectivity index (χ1v) is 8.31. The van der Waals surface area contributed by atoms with Crippen molar-refractivity contribution in [2.45, 2.75) is 43.8 Å². The Labute approximate surface area is 130 Å². The molecule has 19 heavy (non-hydrogen) atoms. The molecular formula is C14H17Br2NO2. The second kappa shape index (κ2) is 5.43. The number of aliphatic hydroxyl groups is 1. The highest BCUT2D eigenvalue weighted by molar-refractivity contribution is 9.11. The summed E-state index contributed by atoms with van der Waals surface area (Å²) < 4.78 is 7.70. The fraction of sp³-hybridized carbons (Fsp3) is 0.643. The van der Waals surface area contributed by atoms with Crippen LogP contribution in [0.15, 0.2) is 21.2 Å². The molecule has 104 valence electrons. The molecule has 1 N–H and O–H groups in total. The number of hydrogen-bond donors (Lipinski definition) is 1. The van der Waals surface area contributed by atoms with Crippen molar-refractivity contribution in [1.29, 1.82) is 0 Å². The van der Waals surface area contributed by atoms with Crippen LogP contribution in [0.2, 0.25) is 0 Å². The zero-order valence-corrected chi connectivity index (χ0v) is 13.8. The van der Waals surface area contributed by atoms with Gasteiger partial charge in [0, 0.05) is 21.7 Å². The van der Waals surface area contributed by atoms with Crippen LogP contribution in [0, 0.1) is 5.92 Å². The average molecular weight is 391 g/mol. The van der Waals surface area contributed by atoms with Crippen LogP contribution in [0.3, 0.4) is 0 Å². The molecule has 1 saturated heterocycles. The summed E-state index contributed by atoms with van der Waals surface area (Å²) in [5.41, 5.74) is 0.802. The van der Waals surface area contributed by atoms with Crippen LogP contribution in [0.25, 0.3) is 0 Å². The van der Waals surface area contributed by atoms with Gasteiger partial charge in [-0.25, -0.2) is 0 Å².